The number of nitrogens with one attached hydrogen (secondary N) is 1. The highest BCUT2D eigenvalue weighted by Crippen LogP contribution is 2.38. The van der Waals surface area contributed by atoms with E-state index >= 15 is 0 Å². The molecule has 1 saturated heterocycles. The Bertz CT molecular complexity index is 257. The number of nitrogens with zero attached hydrogens (tertiary/aromatic N) is 1. The minimum atomic E-state index is -0.167. The molecule has 2 N–H and O–H groups in total. The van der Waals surface area contributed by atoms with Gasteiger partial charge in [-0.3, -0.25) is 4.79 Å². The summed E-state index contributed by atoms with van der Waals surface area (Å²) in [4.78, 5) is 13.8. The number of aliphatic hydroxyl groups is 1. The Kier molecular flexibility index (Phi) is 3.82. The first kappa shape index (κ1) is 11.9. The number of hydrogen-bond donors (Lipinski definition) is 2. The first-order chi connectivity index (χ1) is 7.72. The zero-order valence-electron chi connectivity index (χ0n) is 9.98. The van der Waals surface area contributed by atoms with E-state index < -0.39 is 0 Å². The molecule has 92 valence electrons. The van der Waals surface area contributed by atoms with Crippen LogP contribution >= 0.6 is 0 Å². The van der Waals surface area contributed by atoms with Crippen molar-refractivity contribution in [3.63, 3.8) is 0 Å². The summed E-state index contributed by atoms with van der Waals surface area (Å²) in [6.07, 6.45) is 3.39. The molecule has 16 heavy (non-hydrogen) atoms. The maximum absolute atomic E-state index is 11.9. The first-order valence-electron chi connectivity index (χ1n) is 6.33. The summed E-state index contributed by atoms with van der Waals surface area (Å²) in [7, 11) is 1.90. The van der Waals surface area contributed by atoms with Gasteiger partial charge in [0.25, 0.3) is 0 Å². The molecule has 1 amide bonds. The summed E-state index contributed by atoms with van der Waals surface area (Å²) in [5, 5.41) is 12.8. The SMILES string of the molecule is CNCCCC(=O)N1CC2CCC(O)C2C1. The lowest BCUT2D eigenvalue weighted by Gasteiger charge is -2.18. The molecule has 1 aliphatic carbocycles. The van der Waals surface area contributed by atoms with E-state index in [4.69, 9.17) is 0 Å². The van der Waals surface area contributed by atoms with Crippen molar-refractivity contribution in [1.29, 1.82) is 0 Å². The fourth-order valence-corrected chi connectivity index (χ4v) is 3.01. The lowest BCUT2D eigenvalue weighted by molar-refractivity contribution is -0.130. The van der Waals surface area contributed by atoms with Gasteiger partial charge in [-0.2, -0.15) is 0 Å². The molecule has 2 fully saturated rings. The Morgan fingerprint density at radius 2 is 2.25 bits per heavy atom. The summed E-state index contributed by atoms with van der Waals surface area (Å²) in [5.41, 5.74) is 0. The molecule has 3 atom stereocenters. The van der Waals surface area contributed by atoms with Gasteiger partial charge in [-0.1, -0.05) is 0 Å². The van der Waals surface area contributed by atoms with E-state index in [9.17, 15) is 9.90 Å². The van der Waals surface area contributed by atoms with Crippen LogP contribution in [-0.4, -0.2) is 48.7 Å². The standard InChI is InChI=1S/C12H22N2O2/c1-13-6-2-3-12(16)14-7-9-4-5-11(15)10(9)8-14/h9-11,13,15H,2-8H2,1H3. The van der Waals surface area contributed by atoms with Crippen molar-refractivity contribution in [2.75, 3.05) is 26.7 Å². The topological polar surface area (TPSA) is 52.6 Å². The minimum absolute atomic E-state index is 0.167. The Balaban J connectivity index is 1.78. The van der Waals surface area contributed by atoms with Gasteiger partial charge in [0.05, 0.1) is 6.10 Å². The largest absolute Gasteiger partial charge is 0.393 e. The first-order valence-corrected chi connectivity index (χ1v) is 6.33. The predicted molar refractivity (Wildman–Crippen MR) is 62.0 cm³/mol. The normalized spacial score (nSPS) is 33.1. The fourth-order valence-electron chi connectivity index (χ4n) is 3.01. The highest BCUT2D eigenvalue weighted by Gasteiger charge is 2.42. The van der Waals surface area contributed by atoms with E-state index in [1.165, 1.54) is 0 Å². The molecule has 1 saturated carbocycles. The molecule has 0 spiro atoms. The van der Waals surface area contributed by atoms with Crippen molar-refractivity contribution >= 4 is 5.91 Å². The van der Waals surface area contributed by atoms with Crippen molar-refractivity contribution in [3.05, 3.63) is 0 Å². The number of rotatable bonds is 4. The highest BCUT2D eigenvalue weighted by atomic mass is 16.3. The minimum Gasteiger partial charge on any atom is -0.393 e. The average molecular weight is 226 g/mol. The van der Waals surface area contributed by atoms with Crippen LogP contribution in [0.2, 0.25) is 0 Å². The number of likely N-dealkylation sites (tertiary alicyclic amines) is 1. The van der Waals surface area contributed by atoms with Crippen LogP contribution in [0.3, 0.4) is 0 Å². The van der Waals surface area contributed by atoms with Crippen LogP contribution in [-0.2, 0) is 4.79 Å². The van der Waals surface area contributed by atoms with Gasteiger partial charge in [0.1, 0.15) is 0 Å². The predicted octanol–water partition coefficient (Wildman–Crippen LogP) is 0.215. The Morgan fingerprint density at radius 3 is 2.94 bits per heavy atom. The molecule has 4 nitrogen and oxygen atoms in total. The van der Waals surface area contributed by atoms with Gasteiger partial charge in [0.2, 0.25) is 5.91 Å². The van der Waals surface area contributed by atoms with Crippen LogP contribution in [0.1, 0.15) is 25.7 Å². The van der Waals surface area contributed by atoms with E-state index in [-0.39, 0.29) is 12.0 Å². The third-order valence-corrected chi connectivity index (χ3v) is 3.99. The van der Waals surface area contributed by atoms with E-state index in [1.807, 2.05) is 11.9 Å². The van der Waals surface area contributed by atoms with Crippen molar-refractivity contribution in [2.24, 2.45) is 11.8 Å². The number of aliphatic hydroxyl groups excluding tert-OH is 1. The number of amides is 1. The summed E-state index contributed by atoms with van der Waals surface area (Å²) in [6.45, 7) is 2.55. The molecule has 0 aromatic rings. The van der Waals surface area contributed by atoms with Gasteiger partial charge < -0.3 is 15.3 Å². The second-order valence-corrected chi connectivity index (χ2v) is 5.07. The maximum atomic E-state index is 11.9. The van der Waals surface area contributed by atoms with Crippen molar-refractivity contribution in [2.45, 2.75) is 31.8 Å². The van der Waals surface area contributed by atoms with Gasteiger partial charge in [0, 0.05) is 25.4 Å². The summed E-state index contributed by atoms with van der Waals surface area (Å²) in [6, 6.07) is 0. The summed E-state index contributed by atoms with van der Waals surface area (Å²) >= 11 is 0. The second-order valence-electron chi connectivity index (χ2n) is 5.07. The van der Waals surface area contributed by atoms with E-state index in [0.717, 1.165) is 38.9 Å². The lowest BCUT2D eigenvalue weighted by atomic mass is 10.00. The second kappa shape index (κ2) is 5.15. The van der Waals surface area contributed by atoms with Crippen LogP contribution < -0.4 is 5.32 Å². The Labute approximate surface area is 97.0 Å². The van der Waals surface area contributed by atoms with Crippen molar-refractivity contribution < 1.29 is 9.90 Å². The molecule has 1 aliphatic heterocycles. The molecular weight excluding hydrogens is 204 g/mol. The van der Waals surface area contributed by atoms with E-state index in [2.05, 4.69) is 5.32 Å². The lowest BCUT2D eigenvalue weighted by Crippen LogP contribution is -2.31. The van der Waals surface area contributed by atoms with Gasteiger partial charge in [-0.15, -0.1) is 0 Å². The molecule has 0 radical (unpaired) electrons. The molecule has 2 aliphatic rings. The fraction of sp³-hybridized carbons (Fsp3) is 0.917. The highest BCUT2D eigenvalue weighted by molar-refractivity contribution is 5.76. The molecule has 2 rings (SSSR count). The number of hydrogen-bond acceptors (Lipinski definition) is 3. The third-order valence-electron chi connectivity index (χ3n) is 3.99. The molecule has 3 unspecified atom stereocenters. The summed E-state index contributed by atoms with van der Waals surface area (Å²) in [5.74, 6) is 1.17. The Hall–Kier alpha value is -0.610. The zero-order chi connectivity index (χ0) is 11.5. The number of carbonyl (C=O) groups excluding carboxylic acids is 1. The van der Waals surface area contributed by atoms with Gasteiger partial charge in [-0.25, -0.2) is 0 Å². The maximum Gasteiger partial charge on any atom is 0.222 e. The van der Waals surface area contributed by atoms with Gasteiger partial charge in [-0.05, 0) is 38.8 Å². The quantitative estimate of drug-likeness (QED) is 0.674. The van der Waals surface area contributed by atoms with E-state index in [1.54, 1.807) is 0 Å². The molecule has 0 aromatic heterocycles. The van der Waals surface area contributed by atoms with Crippen LogP contribution in [0.5, 0.6) is 0 Å². The molecule has 4 heteroatoms. The molecule has 0 bridgehead atoms. The van der Waals surface area contributed by atoms with Crippen LogP contribution in [0, 0.1) is 11.8 Å². The monoisotopic (exact) mass is 226 g/mol. The van der Waals surface area contributed by atoms with Gasteiger partial charge in [0.15, 0.2) is 0 Å². The molecular formula is C12H22N2O2. The van der Waals surface area contributed by atoms with Crippen LogP contribution in [0.25, 0.3) is 0 Å². The number of fused-ring (bicyclic) bond motifs is 1. The Morgan fingerprint density at radius 1 is 1.44 bits per heavy atom. The van der Waals surface area contributed by atoms with E-state index in [0.29, 0.717) is 18.3 Å². The van der Waals surface area contributed by atoms with Crippen LogP contribution in [0.4, 0.5) is 0 Å². The smallest absolute Gasteiger partial charge is 0.222 e. The van der Waals surface area contributed by atoms with Crippen LogP contribution in [0.15, 0.2) is 0 Å². The average Bonchev–Trinajstić information content (AvgIpc) is 2.82. The zero-order valence-corrected chi connectivity index (χ0v) is 9.98. The number of carbonyl (C=O) groups is 1. The summed E-state index contributed by atoms with van der Waals surface area (Å²) < 4.78 is 0. The molecule has 1 heterocycles. The molecule has 0 aromatic carbocycles. The van der Waals surface area contributed by atoms with Gasteiger partial charge >= 0.3 is 0 Å². The third kappa shape index (κ3) is 2.38. The van der Waals surface area contributed by atoms with Crippen molar-refractivity contribution in [3.8, 4) is 0 Å². The van der Waals surface area contributed by atoms with Crippen molar-refractivity contribution in [1.82, 2.24) is 10.2 Å².